The molecule has 0 aromatic heterocycles. The summed E-state index contributed by atoms with van der Waals surface area (Å²) in [7, 11) is 0. The lowest BCUT2D eigenvalue weighted by Crippen LogP contribution is -2.46. The van der Waals surface area contributed by atoms with E-state index in [4.69, 9.17) is 16.3 Å². The van der Waals surface area contributed by atoms with Crippen molar-refractivity contribution in [3.8, 4) is 5.75 Å². The van der Waals surface area contributed by atoms with E-state index in [1.165, 1.54) is 0 Å². The van der Waals surface area contributed by atoms with Crippen LogP contribution in [0.5, 0.6) is 5.75 Å². The quantitative estimate of drug-likeness (QED) is 0.858. The largest absolute Gasteiger partial charge is 0.488 e. The number of benzene rings is 1. The van der Waals surface area contributed by atoms with Gasteiger partial charge in [-0.05, 0) is 24.3 Å². The molecule has 3 rings (SSSR count). The molecule has 0 bridgehead atoms. The fourth-order valence-corrected chi connectivity index (χ4v) is 2.84. The number of nitrogens with zero attached hydrogens (tertiary/aromatic N) is 1. The van der Waals surface area contributed by atoms with E-state index in [-0.39, 0.29) is 18.3 Å². The van der Waals surface area contributed by atoms with Crippen LogP contribution in [0.25, 0.3) is 6.08 Å². The summed E-state index contributed by atoms with van der Waals surface area (Å²) in [6, 6.07) is 5.42. The van der Waals surface area contributed by atoms with Gasteiger partial charge in [-0.3, -0.25) is 9.69 Å². The number of halogens is 2. The van der Waals surface area contributed by atoms with Gasteiger partial charge >= 0.3 is 0 Å². The minimum atomic E-state index is -0.0687. The fourth-order valence-electron chi connectivity index (χ4n) is 2.66. The molecule has 0 spiro atoms. The van der Waals surface area contributed by atoms with Gasteiger partial charge in [-0.15, -0.1) is 12.4 Å². The first-order valence-corrected chi connectivity index (χ1v) is 7.94. The maximum atomic E-state index is 12.2. The smallest absolute Gasteiger partial charge is 0.250 e. The summed E-state index contributed by atoms with van der Waals surface area (Å²) in [6.07, 6.45) is 1.85. The molecular weight excluding hydrogens is 337 g/mol. The lowest BCUT2D eigenvalue weighted by molar-refractivity contribution is -0.117. The molecule has 0 atom stereocenters. The number of nitrogens with one attached hydrogen (secondary N) is 2. The fraction of sp³-hybridized carbons (Fsp3) is 0.438. The summed E-state index contributed by atoms with van der Waals surface area (Å²) in [5, 5.41) is 6.91. The molecule has 5 nitrogen and oxygen atoms in total. The molecule has 23 heavy (non-hydrogen) atoms. The summed E-state index contributed by atoms with van der Waals surface area (Å²) in [5.74, 6) is 0.697. The maximum absolute atomic E-state index is 12.2. The Hall–Kier alpha value is -1.27. The number of amides is 1. The highest BCUT2D eigenvalue weighted by molar-refractivity contribution is 6.30. The summed E-state index contributed by atoms with van der Waals surface area (Å²) in [4.78, 5) is 14.6. The van der Waals surface area contributed by atoms with Crippen molar-refractivity contribution < 1.29 is 9.53 Å². The standard InChI is InChI=1S/C16H20ClN3O2.ClH/c17-14-1-2-15-12(10-14)9-13(11-22-15)16(21)19-5-8-20-6-3-18-4-7-20;/h1-2,9-10,18H,3-8,11H2,(H,19,21);1H. The molecule has 2 aliphatic heterocycles. The minimum Gasteiger partial charge on any atom is -0.488 e. The number of hydrogen-bond donors (Lipinski definition) is 2. The highest BCUT2D eigenvalue weighted by Crippen LogP contribution is 2.28. The molecule has 126 valence electrons. The molecule has 1 fully saturated rings. The summed E-state index contributed by atoms with van der Waals surface area (Å²) >= 11 is 5.98. The van der Waals surface area contributed by atoms with Crippen LogP contribution in [0, 0.1) is 0 Å². The van der Waals surface area contributed by atoms with Gasteiger partial charge in [0, 0.05) is 49.9 Å². The number of carbonyl (C=O) groups is 1. The molecule has 1 saturated heterocycles. The summed E-state index contributed by atoms with van der Waals surface area (Å²) in [6.45, 7) is 5.94. The Labute approximate surface area is 147 Å². The maximum Gasteiger partial charge on any atom is 0.250 e. The number of fused-ring (bicyclic) bond motifs is 1. The first-order chi connectivity index (χ1) is 10.7. The Morgan fingerprint density at radius 3 is 2.91 bits per heavy atom. The number of hydrogen-bond acceptors (Lipinski definition) is 4. The Balaban J connectivity index is 0.00000192. The van der Waals surface area contributed by atoms with Gasteiger partial charge in [0.25, 0.3) is 5.91 Å². The van der Waals surface area contributed by atoms with Crippen molar-refractivity contribution in [3.05, 3.63) is 34.4 Å². The molecule has 0 aliphatic carbocycles. The van der Waals surface area contributed by atoms with Gasteiger partial charge in [-0.25, -0.2) is 0 Å². The predicted octanol–water partition coefficient (Wildman–Crippen LogP) is 1.56. The second kappa shape index (κ2) is 8.55. The van der Waals surface area contributed by atoms with Crippen LogP contribution in [0.15, 0.2) is 23.8 Å². The third kappa shape index (κ3) is 4.85. The van der Waals surface area contributed by atoms with Crippen molar-refractivity contribution in [2.75, 3.05) is 45.9 Å². The zero-order valence-electron chi connectivity index (χ0n) is 12.8. The third-order valence-electron chi connectivity index (χ3n) is 3.90. The molecular formula is C16H21Cl2N3O2. The van der Waals surface area contributed by atoms with Crippen LogP contribution in [-0.4, -0.2) is 56.7 Å². The lowest BCUT2D eigenvalue weighted by Gasteiger charge is -2.27. The Morgan fingerprint density at radius 1 is 1.35 bits per heavy atom. The number of carbonyl (C=O) groups excluding carboxylic acids is 1. The highest BCUT2D eigenvalue weighted by atomic mass is 35.5. The van der Waals surface area contributed by atoms with Crippen LogP contribution in [0.4, 0.5) is 0 Å². The van der Waals surface area contributed by atoms with E-state index in [1.54, 1.807) is 6.07 Å². The number of piperazine rings is 1. The van der Waals surface area contributed by atoms with E-state index in [2.05, 4.69) is 15.5 Å². The Morgan fingerprint density at radius 2 is 2.13 bits per heavy atom. The average Bonchev–Trinajstić information content (AvgIpc) is 2.55. The van der Waals surface area contributed by atoms with Gasteiger partial charge in [-0.2, -0.15) is 0 Å². The van der Waals surface area contributed by atoms with Gasteiger partial charge in [0.1, 0.15) is 12.4 Å². The second-order valence-electron chi connectivity index (χ2n) is 5.49. The van der Waals surface area contributed by atoms with E-state index in [9.17, 15) is 4.79 Å². The van der Waals surface area contributed by atoms with Gasteiger partial charge in [0.05, 0.1) is 5.57 Å². The van der Waals surface area contributed by atoms with E-state index in [0.717, 1.165) is 44.0 Å². The topological polar surface area (TPSA) is 53.6 Å². The molecule has 0 unspecified atom stereocenters. The minimum absolute atomic E-state index is 0. The second-order valence-corrected chi connectivity index (χ2v) is 5.92. The zero-order chi connectivity index (χ0) is 15.4. The van der Waals surface area contributed by atoms with E-state index in [0.29, 0.717) is 23.7 Å². The SMILES string of the molecule is Cl.O=C(NCCN1CCNCC1)C1=Cc2cc(Cl)ccc2OC1. The molecule has 2 heterocycles. The predicted molar refractivity (Wildman–Crippen MR) is 94.5 cm³/mol. The normalized spacial score (nSPS) is 17.3. The van der Waals surface area contributed by atoms with E-state index in [1.807, 2.05) is 18.2 Å². The Bertz CT molecular complexity index is 587. The van der Waals surface area contributed by atoms with Crippen LogP contribution in [0.1, 0.15) is 5.56 Å². The van der Waals surface area contributed by atoms with Crippen molar-refractivity contribution in [2.45, 2.75) is 0 Å². The van der Waals surface area contributed by atoms with Crippen molar-refractivity contribution in [3.63, 3.8) is 0 Å². The zero-order valence-corrected chi connectivity index (χ0v) is 14.4. The number of rotatable bonds is 4. The Kier molecular flexibility index (Phi) is 6.72. The van der Waals surface area contributed by atoms with Crippen LogP contribution in [0.3, 0.4) is 0 Å². The molecule has 1 aromatic carbocycles. The first kappa shape index (κ1) is 18.1. The van der Waals surface area contributed by atoms with Gasteiger partial charge in [0.15, 0.2) is 0 Å². The van der Waals surface area contributed by atoms with Crippen LogP contribution in [-0.2, 0) is 4.79 Å². The molecule has 2 aliphatic rings. The van der Waals surface area contributed by atoms with Crippen molar-refractivity contribution in [1.82, 2.24) is 15.5 Å². The van der Waals surface area contributed by atoms with Gasteiger partial charge in [0.2, 0.25) is 0 Å². The first-order valence-electron chi connectivity index (χ1n) is 7.56. The molecule has 0 radical (unpaired) electrons. The summed E-state index contributed by atoms with van der Waals surface area (Å²) < 4.78 is 5.60. The van der Waals surface area contributed by atoms with Crippen LogP contribution in [0.2, 0.25) is 5.02 Å². The van der Waals surface area contributed by atoms with Gasteiger partial charge < -0.3 is 15.4 Å². The molecule has 1 amide bonds. The van der Waals surface area contributed by atoms with Crippen molar-refractivity contribution >= 4 is 36.0 Å². The molecule has 2 N–H and O–H groups in total. The number of ether oxygens (including phenoxy) is 1. The lowest BCUT2D eigenvalue weighted by atomic mass is 10.1. The van der Waals surface area contributed by atoms with E-state index >= 15 is 0 Å². The molecule has 0 saturated carbocycles. The van der Waals surface area contributed by atoms with Crippen molar-refractivity contribution in [2.24, 2.45) is 0 Å². The highest BCUT2D eigenvalue weighted by Gasteiger charge is 2.17. The van der Waals surface area contributed by atoms with Crippen LogP contribution >= 0.6 is 24.0 Å². The monoisotopic (exact) mass is 357 g/mol. The van der Waals surface area contributed by atoms with Gasteiger partial charge in [-0.1, -0.05) is 11.6 Å². The van der Waals surface area contributed by atoms with Crippen molar-refractivity contribution in [1.29, 1.82) is 0 Å². The summed E-state index contributed by atoms with van der Waals surface area (Å²) in [5.41, 5.74) is 1.49. The third-order valence-corrected chi connectivity index (χ3v) is 4.13. The average molecular weight is 358 g/mol. The molecule has 1 aromatic rings. The van der Waals surface area contributed by atoms with E-state index < -0.39 is 0 Å². The van der Waals surface area contributed by atoms with Crippen LogP contribution < -0.4 is 15.4 Å². The molecule has 7 heteroatoms.